The Bertz CT molecular complexity index is 308. The summed E-state index contributed by atoms with van der Waals surface area (Å²) in [5.74, 6) is -0.814. The Balaban J connectivity index is 2.65. The number of rotatable bonds is 4. The number of halogens is 2. The minimum atomic E-state index is -0.528. The monoisotopic (exact) mass is 232 g/mol. The largest absolute Gasteiger partial charge is 0.392 e. The van der Waals surface area contributed by atoms with Gasteiger partial charge in [0.05, 0.1) is 6.10 Å². The second kappa shape index (κ2) is 5.47. The summed E-state index contributed by atoms with van der Waals surface area (Å²) in [5, 5.41) is 9.19. The van der Waals surface area contributed by atoms with Gasteiger partial charge in [-0.1, -0.05) is 13.0 Å². The molecule has 0 bridgehead atoms. The van der Waals surface area contributed by atoms with Crippen molar-refractivity contribution < 1.29 is 13.9 Å². The molecule has 0 amide bonds. The fraction of sp³-hybridized carbons (Fsp3) is 0.455. The second-order valence-corrected chi connectivity index (χ2v) is 4.82. The molecule has 0 aliphatic heterocycles. The summed E-state index contributed by atoms with van der Waals surface area (Å²) < 4.78 is 26.4. The SMILES string of the molecule is CC(O)C(C)SCc1c(F)cccc1F. The Hall–Kier alpha value is -0.610. The molecular weight excluding hydrogens is 218 g/mol. The number of benzene rings is 1. The summed E-state index contributed by atoms with van der Waals surface area (Å²) in [7, 11) is 0. The Morgan fingerprint density at radius 1 is 1.27 bits per heavy atom. The van der Waals surface area contributed by atoms with E-state index < -0.39 is 17.7 Å². The van der Waals surface area contributed by atoms with Crippen LogP contribution in [-0.2, 0) is 5.75 Å². The molecule has 0 spiro atoms. The summed E-state index contributed by atoms with van der Waals surface area (Å²) in [4.78, 5) is 0. The smallest absolute Gasteiger partial charge is 0.130 e. The van der Waals surface area contributed by atoms with Crippen LogP contribution in [0.5, 0.6) is 0 Å². The van der Waals surface area contributed by atoms with Gasteiger partial charge in [0.2, 0.25) is 0 Å². The molecule has 0 saturated heterocycles. The van der Waals surface area contributed by atoms with Crippen LogP contribution in [0.3, 0.4) is 0 Å². The third-order valence-corrected chi connectivity index (χ3v) is 3.61. The minimum absolute atomic E-state index is 0.0380. The van der Waals surface area contributed by atoms with Gasteiger partial charge in [-0.3, -0.25) is 0 Å². The molecule has 1 aromatic carbocycles. The van der Waals surface area contributed by atoms with Gasteiger partial charge in [-0.2, -0.15) is 11.8 Å². The maximum atomic E-state index is 13.2. The minimum Gasteiger partial charge on any atom is -0.392 e. The molecule has 0 heterocycles. The number of thioether (sulfide) groups is 1. The highest BCUT2D eigenvalue weighted by Crippen LogP contribution is 2.23. The quantitative estimate of drug-likeness (QED) is 0.861. The van der Waals surface area contributed by atoms with Crippen molar-refractivity contribution >= 4 is 11.8 Å². The molecule has 1 nitrogen and oxygen atoms in total. The molecule has 0 aromatic heterocycles. The molecule has 1 N–H and O–H groups in total. The van der Waals surface area contributed by atoms with E-state index in [1.807, 2.05) is 6.92 Å². The first-order chi connectivity index (χ1) is 7.02. The molecule has 4 heteroatoms. The van der Waals surface area contributed by atoms with Crippen LogP contribution in [0.1, 0.15) is 19.4 Å². The van der Waals surface area contributed by atoms with Crippen LogP contribution in [-0.4, -0.2) is 16.5 Å². The van der Waals surface area contributed by atoms with Crippen LogP contribution < -0.4 is 0 Å². The lowest BCUT2D eigenvalue weighted by atomic mass is 10.2. The average molecular weight is 232 g/mol. The summed E-state index contributed by atoms with van der Waals surface area (Å²) >= 11 is 1.34. The van der Waals surface area contributed by atoms with Crippen molar-refractivity contribution in [2.24, 2.45) is 0 Å². The fourth-order valence-electron chi connectivity index (χ4n) is 1.02. The summed E-state index contributed by atoms with van der Waals surface area (Å²) in [6, 6.07) is 3.83. The van der Waals surface area contributed by atoms with Crippen molar-refractivity contribution in [1.29, 1.82) is 0 Å². The Kier molecular flexibility index (Phi) is 4.54. The first-order valence-electron chi connectivity index (χ1n) is 4.75. The fourth-order valence-corrected chi connectivity index (χ4v) is 2.01. The molecule has 84 valence electrons. The maximum Gasteiger partial charge on any atom is 0.130 e. The Morgan fingerprint density at radius 2 is 1.80 bits per heavy atom. The Labute approximate surface area is 92.5 Å². The molecular formula is C11H14F2OS. The molecule has 0 aliphatic carbocycles. The lowest BCUT2D eigenvalue weighted by Gasteiger charge is -2.14. The van der Waals surface area contributed by atoms with Crippen LogP contribution in [0.2, 0.25) is 0 Å². The molecule has 1 aromatic rings. The molecule has 0 saturated carbocycles. The first-order valence-corrected chi connectivity index (χ1v) is 5.79. The maximum absolute atomic E-state index is 13.2. The van der Waals surface area contributed by atoms with Crippen LogP contribution in [0.4, 0.5) is 8.78 Å². The number of aliphatic hydroxyl groups is 1. The third kappa shape index (κ3) is 3.47. The number of aliphatic hydroxyl groups excluding tert-OH is 1. The van der Waals surface area contributed by atoms with E-state index in [1.165, 1.54) is 30.0 Å². The molecule has 0 radical (unpaired) electrons. The lowest BCUT2D eigenvalue weighted by Crippen LogP contribution is -2.15. The van der Waals surface area contributed by atoms with E-state index in [0.29, 0.717) is 0 Å². The average Bonchev–Trinajstić information content (AvgIpc) is 2.16. The van der Waals surface area contributed by atoms with Gasteiger partial charge in [0.15, 0.2) is 0 Å². The van der Waals surface area contributed by atoms with Gasteiger partial charge in [0.1, 0.15) is 11.6 Å². The van der Waals surface area contributed by atoms with E-state index in [2.05, 4.69) is 0 Å². The summed E-state index contributed by atoms with van der Waals surface area (Å²) in [6.07, 6.45) is -0.482. The molecule has 15 heavy (non-hydrogen) atoms. The highest BCUT2D eigenvalue weighted by atomic mass is 32.2. The van der Waals surface area contributed by atoms with Crippen LogP contribution in [0, 0.1) is 11.6 Å². The van der Waals surface area contributed by atoms with Crippen molar-refractivity contribution in [3.63, 3.8) is 0 Å². The third-order valence-electron chi connectivity index (χ3n) is 2.23. The van der Waals surface area contributed by atoms with Crippen molar-refractivity contribution in [3.8, 4) is 0 Å². The highest BCUT2D eigenvalue weighted by molar-refractivity contribution is 7.99. The number of hydrogen-bond acceptors (Lipinski definition) is 2. The van der Waals surface area contributed by atoms with Gasteiger partial charge in [-0.05, 0) is 19.1 Å². The van der Waals surface area contributed by atoms with Crippen LogP contribution >= 0.6 is 11.8 Å². The van der Waals surface area contributed by atoms with Gasteiger partial charge >= 0.3 is 0 Å². The van der Waals surface area contributed by atoms with E-state index in [4.69, 9.17) is 0 Å². The molecule has 1 rings (SSSR count). The predicted octanol–water partition coefficient (Wildman–Crippen LogP) is 2.97. The first kappa shape index (κ1) is 12.5. The number of hydrogen-bond donors (Lipinski definition) is 1. The molecule has 0 aliphatic rings. The zero-order chi connectivity index (χ0) is 11.4. The van der Waals surface area contributed by atoms with Crippen molar-refractivity contribution in [2.45, 2.75) is 31.0 Å². The van der Waals surface area contributed by atoms with Crippen LogP contribution in [0.25, 0.3) is 0 Å². The van der Waals surface area contributed by atoms with Crippen LogP contribution in [0.15, 0.2) is 18.2 Å². The van der Waals surface area contributed by atoms with Gasteiger partial charge in [0.25, 0.3) is 0 Å². The van der Waals surface area contributed by atoms with E-state index in [0.717, 1.165) is 0 Å². The van der Waals surface area contributed by atoms with E-state index >= 15 is 0 Å². The zero-order valence-electron chi connectivity index (χ0n) is 8.71. The van der Waals surface area contributed by atoms with E-state index in [-0.39, 0.29) is 16.6 Å². The predicted molar refractivity (Wildman–Crippen MR) is 58.8 cm³/mol. The standard InChI is InChI=1S/C11H14F2OS/c1-7(14)8(2)15-6-9-10(12)4-3-5-11(9)13/h3-5,7-8,14H,6H2,1-2H3. The van der Waals surface area contributed by atoms with Crippen molar-refractivity contribution in [1.82, 2.24) is 0 Å². The van der Waals surface area contributed by atoms with Gasteiger partial charge in [-0.25, -0.2) is 8.78 Å². The molecule has 0 fully saturated rings. The van der Waals surface area contributed by atoms with E-state index in [9.17, 15) is 13.9 Å². The summed E-state index contributed by atoms with van der Waals surface area (Å²) in [5.41, 5.74) is 0.0787. The zero-order valence-corrected chi connectivity index (χ0v) is 9.52. The second-order valence-electron chi connectivity index (χ2n) is 3.46. The Morgan fingerprint density at radius 3 is 2.27 bits per heavy atom. The highest BCUT2D eigenvalue weighted by Gasteiger charge is 2.13. The molecule has 2 unspecified atom stereocenters. The van der Waals surface area contributed by atoms with E-state index in [1.54, 1.807) is 6.92 Å². The topological polar surface area (TPSA) is 20.2 Å². The van der Waals surface area contributed by atoms with Crippen molar-refractivity contribution in [3.05, 3.63) is 35.4 Å². The van der Waals surface area contributed by atoms with Gasteiger partial charge in [0, 0.05) is 16.6 Å². The van der Waals surface area contributed by atoms with Crippen molar-refractivity contribution in [2.75, 3.05) is 0 Å². The van der Waals surface area contributed by atoms with Gasteiger partial charge < -0.3 is 5.11 Å². The lowest BCUT2D eigenvalue weighted by molar-refractivity contribution is 0.196. The normalized spacial score (nSPS) is 15.0. The molecule has 2 atom stereocenters. The van der Waals surface area contributed by atoms with Gasteiger partial charge in [-0.15, -0.1) is 0 Å². The summed E-state index contributed by atoms with van der Waals surface area (Å²) in [6.45, 7) is 3.49.